The van der Waals surface area contributed by atoms with Gasteiger partial charge < -0.3 is 25.2 Å². The summed E-state index contributed by atoms with van der Waals surface area (Å²) >= 11 is 0. The predicted molar refractivity (Wildman–Crippen MR) is 124 cm³/mol. The molecule has 3 N–H and O–H groups in total. The summed E-state index contributed by atoms with van der Waals surface area (Å²) in [5, 5.41) is 16.3. The van der Waals surface area contributed by atoms with Gasteiger partial charge in [0.05, 0.1) is 20.3 Å². The normalized spacial score (nSPS) is 15.5. The molecule has 1 aliphatic heterocycles. The Bertz CT molecular complexity index is 846. The van der Waals surface area contributed by atoms with Gasteiger partial charge in [-0.3, -0.25) is 9.89 Å². The second kappa shape index (κ2) is 11.6. The van der Waals surface area contributed by atoms with Crippen molar-refractivity contribution < 1.29 is 14.6 Å². The van der Waals surface area contributed by atoms with Gasteiger partial charge in [0.1, 0.15) is 0 Å². The molecule has 1 saturated heterocycles. The highest BCUT2D eigenvalue weighted by atomic mass is 16.5. The van der Waals surface area contributed by atoms with Gasteiger partial charge >= 0.3 is 0 Å². The summed E-state index contributed by atoms with van der Waals surface area (Å²) in [6.45, 7) is 4.19. The predicted octanol–water partition coefficient (Wildman–Crippen LogP) is 2.53. The number of aliphatic imine (C=N–C) groups is 1. The van der Waals surface area contributed by atoms with Gasteiger partial charge in [-0.25, -0.2) is 0 Å². The number of aliphatic hydroxyl groups excluding tert-OH is 1. The molecule has 1 aliphatic rings. The first-order valence-electron chi connectivity index (χ1n) is 10.7. The van der Waals surface area contributed by atoms with Crippen LogP contribution in [0, 0.1) is 0 Å². The van der Waals surface area contributed by atoms with Gasteiger partial charge in [-0.15, -0.1) is 0 Å². The molecule has 3 rings (SSSR count). The Morgan fingerprint density at radius 1 is 0.935 bits per heavy atom. The summed E-state index contributed by atoms with van der Waals surface area (Å²) in [5.74, 6) is 2.17. The van der Waals surface area contributed by atoms with E-state index in [1.807, 2.05) is 18.2 Å². The molecule has 0 radical (unpaired) electrons. The molecule has 0 amide bonds. The van der Waals surface area contributed by atoms with E-state index in [4.69, 9.17) is 9.47 Å². The molecule has 0 saturated carbocycles. The maximum Gasteiger partial charge on any atom is 0.191 e. The van der Waals surface area contributed by atoms with E-state index in [1.165, 1.54) is 11.1 Å². The zero-order valence-corrected chi connectivity index (χ0v) is 18.7. The highest BCUT2D eigenvalue weighted by Gasteiger charge is 2.16. The van der Waals surface area contributed by atoms with E-state index in [0.29, 0.717) is 18.8 Å². The van der Waals surface area contributed by atoms with Crippen molar-refractivity contribution in [2.24, 2.45) is 4.99 Å². The third-order valence-corrected chi connectivity index (χ3v) is 5.58. The van der Waals surface area contributed by atoms with Crippen LogP contribution in [-0.4, -0.2) is 56.4 Å². The molecule has 31 heavy (non-hydrogen) atoms. The fraction of sp³-hybridized carbons (Fsp3) is 0.458. The lowest BCUT2D eigenvalue weighted by Gasteiger charge is -2.29. The average Bonchev–Trinajstić information content (AvgIpc) is 2.81. The summed E-state index contributed by atoms with van der Waals surface area (Å²) in [6.07, 6.45) is 1.62. The van der Waals surface area contributed by atoms with Crippen molar-refractivity contribution in [3.05, 3.63) is 59.2 Å². The van der Waals surface area contributed by atoms with Crippen molar-refractivity contribution in [2.75, 3.05) is 34.4 Å². The lowest BCUT2D eigenvalue weighted by molar-refractivity contribution is 0.0792. The van der Waals surface area contributed by atoms with Crippen molar-refractivity contribution in [1.82, 2.24) is 15.5 Å². The van der Waals surface area contributed by atoms with Crippen LogP contribution in [0.5, 0.6) is 11.5 Å². The second-order valence-corrected chi connectivity index (χ2v) is 7.79. The number of guanidine groups is 1. The van der Waals surface area contributed by atoms with Gasteiger partial charge in [0.2, 0.25) is 0 Å². The molecular weight excluding hydrogens is 392 g/mol. The first-order valence-corrected chi connectivity index (χ1v) is 10.7. The van der Waals surface area contributed by atoms with Gasteiger partial charge in [0, 0.05) is 39.8 Å². The van der Waals surface area contributed by atoms with Crippen molar-refractivity contribution in [1.29, 1.82) is 0 Å². The number of benzene rings is 2. The van der Waals surface area contributed by atoms with Crippen LogP contribution in [0.4, 0.5) is 0 Å². The van der Waals surface area contributed by atoms with Crippen LogP contribution in [0.25, 0.3) is 0 Å². The number of aliphatic hydroxyl groups is 1. The maximum absolute atomic E-state index is 9.64. The minimum absolute atomic E-state index is 0.125. The molecule has 1 fully saturated rings. The SMILES string of the molecule is CN=C(NCc1ccc(CN2CCC(O)CC2)cc1)NCc1ccc(OC)c(OC)c1. The fourth-order valence-electron chi connectivity index (χ4n) is 3.68. The number of piperidine rings is 1. The molecule has 0 aliphatic carbocycles. The van der Waals surface area contributed by atoms with E-state index in [-0.39, 0.29) is 6.10 Å². The Kier molecular flexibility index (Phi) is 8.55. The van der Waals surface area contributed by atoms with Crippen LogP contribution in [0.1, 0.15) is 29.5 Å². The zero-order chi connectivity index (χ0) is 22.1. The Labute approximate surface area is 185 Å². The molecule has 7 heteroatoms. The van der Waals surface area contributed by atoms with Crippen LogP contribution < -0.4 is 20.1 Å². The standard InChI is InChI=1S/C24H34N4O3/c1-25-24(27-16-20-8-9-22(30-2)23(14-20)31-3)26-15-18-4-6-19(7-5-18)17-28-12-10-21(29)11-13-28/h4-9,14,21,29H,10-13,15-17H2,1-3H3,(H2,25,26,27). The molecule has 0 atom stereocenters. The second-order valence-electron chi connectivity index (χ2n) is 7.79. The molecule has 168 valence electrons. The van der Waals surface area contributed by atoms with Crippen LogP contribution in [0.2, 0.25) is 0 Å². The monoisotopic (exact) mass is 426 g/mol. The molecule has 0 bridgehead atoms. The third-order valence-electron chi connectivity index (χ3n) is 5.58. The smallest absolute Gasteiger partial charge is 0.191 e. The molecule has 1 heterocycles. The first kappa shape index (κ1) is 22.9. The molecule has 2 aromatic rings. The molecule has 7 nitrogen and oxygen atoms in total. The largest absolute Gasteiger partial charge is 0.493 e. The van der Waals surface area contributed by atoms with Gasteiger partial charge in [0.25, 0.3) is 0 Å². The van der Waals surface area contributed by atoms with E-state index in [2.05, 4.69) is 44.8 Å². The van der Waals surface area contributed by atoms with Crippen molar-refractivity contribution in [3.8, 4) is 11.5 Å². The van der Waals surface area contributed by atoms with E-state index >= 15 is 0 Å². The topological polar surface area (TPSA) is 78.4 Å². The number of methoxy groups -OCH3 is 2. The summed E-state index contributed by atoms with van der Waals surface area (Å²) in [7, 11) is 5.04. The van der Waals surface area contributed by atoms with Crippen LogP contribution in [0.3, 0.4) is 0 Å². The highest BCUT2D eigenvalue weighted by Crippen LogP contribution is 2.27. The van der Waals surface area contributed by atoms with Crippen LogP contribution >= 0.6 is 0 Å². The number of hydrogen-bond acceptors (Lipinski definition) is 5. The fourth-order valence-corrected chi connectivity index (χ4v) is 3.68. The van der Waals surface area contributed by atoms with Crippen LogP contribution in [0.15, 0.2) is 47.5 Å². The Morgan fingerprint density at radius 2 is 1.52 bits per heavy atom. The third kappa shape index (κ3) is 6.87. The van der Waals surface area contributed by atoms with E-state index in [0.717, 1.165) is 49.7 Å². The van der Waals surface area contributed by atoms with Gasteiger partial charge in [-0.2, -0.15) is 0 Å². The number of nitrogens with zero attached hydrogens (tertiary/aromatic N) is 2. The summed E-state index contributed by atoms with van der Waals surface area (Å²) < 4.78 is 10.7. The number of likely N-dealkylation sites (tertiary alicyclic amines) is 1. The summed E-state index contributed by atoms with van der Waals surface area (Å²) in [6, 6.07) is 14.5. The molecule has 0 aromatic heterocycles. The minimum Gasteiger partial charge on any atom is -0.493 e. The molecule has 2 aromatic carbocycles. The van der Waals surface area contributed by atoms with Gasteiger partial charge in [-0.05, 0) is 41.7 Å². The Morgan fingerprint density at radius 3 is 2.13 bits per heavy atom. The van der Waals surface area contributed by atoms with Gasteiger partial charge in [0.15, 0.2) is 17.5 Å². The highest BCUT2D eigenvalue weighted by molar-refractivity contribution is 5.79. The number of rotatable bonds is 8. The van der Waals surface area contributed by atoms with E-state index in [9.17, 15) is 5.11 Å². The van der Waals surface area contributed by atoms with Crippen molar-refractivity contribution >= 4 is 5.96 Å². The van der Waals surface area contributed by atoms with Crippen molar-refractivity contribution in [2.45, 2.75) is 38.6 Å². The molecule has 0 spiro atoms. The van der Waals surface area contributed by atoms with Crippen LogP contribution in [-0.2, 0) is 19.6 Å². The summed E-state index contributed by atoms with van der Waals surface area (Å²) in [5.41, 5.74) is 3.58. The number of hydrogen-bond donors (Lipinski definition) is 3. The summed E-state index contributed by atoms with van der Waals surface area (Å²) in [4.78, 5) is 6.71. The molecular formula is C24H34N4O3. The van der Waals surface area contributed by atoms with Gasteiger partial charge in [-0.1, -0.05) is 30.3 Å². The zero-order valence-electron chi connectivity index (χ0n) is 18.7. The quantitative estimate of drug-likeness (QED) is 0.445. The lowest BCUT2D eigenvalue weighted by atomic mass is 10.1. The lowest BCUT2D eigenvalue weighted by Crippen LogP contribution is -2.36. The van der Waals surface area contributed by atoms with E-state index < -0.39 is 0 Å². The average molecular weight is 427 g/mol. The first-order chi connectivity index (χ1) is 15.1. The molecule has 0 unspecified atom stereocenters. The number of ether oxygens (including phenoxy) is 2. The Hall–Kier alpha value is -2.77. The Balaban J connectivity index is 1.46. The van der Waals surface area contributed by atoms with Crippen molar-refractivity contribution in [3.63, 3.8) is 0 Å². The number of nitrogens with one attached hydrogen (secondary N) is 2. The van der Waals surface area contributed by atoms with E-state index in [1.54, 1.807) is 21.3 Å². The maximum atomic E-state index is 9.64. The minimum atomic E-state index is -0.125.